The molecule has 0 saturated heterocycles. The van der Waals surface area contributed by atoms with Crippen molar-refractivity contribution >= 4 is 17.6 Å². The molecule has 1 aliphatic rings. The van der Waals surface area contributed by atoms with Crippen molar-refractivity contribution < 1.29 is 13.9 Å². The van der Waals surface area contributed by atoms with Crippen LogP contribution in [0.15, 0.2) is 42.5 Å². The summed E-state index contributed by atoms with van der Waals surface area (Å²) < 4.78 is 19.3. The summed E-state index contributed by atoms with van der Waals surface area (Å²) in [6.45, 7) is 2.25. The van der Waals surface area contributed by atoms with Crippen LogP contribution in [0.25, 0.3) is 0 Å². The summed E-state index contributed by atoms with van der Waals surface area (Å²) in [5.41, 5.74) is 1.69. The zero-order chi connectivity index (χ0) is 17.2. The zero-order valence-electron chi connectivity index (χ0n) is 13.4. The highest BCUT2D eigenvalue weighted by Crippen LogP contribution is 2.32. The number of halogens is 2. The Morgan fingerprint density at radius 2 is 1.88 bits per heavy atom. The fourth-order valence-corrected chi connectivity index (χ4v) is 3.41. The molecule has 24 heavy (non-hydrogen) atoms. The molecule has 0 aromatic heterocycles. The molecule has 0 heterocycles. The molecule has 0 spiro atoms. The SMILES string of the molecule is CCOC(=O)C1(NCc2c(F)cccc2Cl)Cc2ccccc2C1. The molecule has 0 radical (unpaired) electrons. The second-order valence-corrected chi connectivity index (χ2v) is 6.39. The second-order valence-electron chi connectivity index (χ2n) is 5.98. The summed E-state index contributed by atoms with van der Waals surface area (Å²) in [6, 6.07) is 12.5. The molecular formula is C19H19ClFNO2. The van der Waals surface area contributed by atoms with Crippen LogP contribution < -0.4 is 5.32 Å². The van der Waals surface area contributed by atoms with Crippen LogP contribution in [0.3, 0.4) is 0 Å². The summed E-state index contributed by atoms with van der Waals surface area (Å²) in [5.74, 6) is -0.696. The van der Waals surface area contributed by atoms with Gasteiger partial charge < -0.3 is 4.74 Å². The van der Waals surface area contributed by atoms with Crippen molar-refractivity contribution in [3.8, 4) is 0 Å². The van der Waals surface area contributed by atoms with Crippen molar-refractivity contribution in [2.75, 3.05) is 6.61 Å². The van der Waals surface area contributed by atoms with Crippen LogP contribution in [-0.2, 0) is 28.9 Å². The lowest BCUT2D eigenvalue weighted by Crippen LogP contribution is -2.53. The van der Waals surface area contributed by atoms with Crippen molar-refractivity contribution in [1.82, 2.24) is 5.32 Å². The Balaban J connectivity index is 1.86. The fraction of sp³-hybridized carbons (Fsp3) is 0.316. The predicted molar refractivity (Wildman–Crippen MR) is 91.5 cm³/mol. The van der Waals surface area contributed by atoms with Gasteiger partial charge in [-0.2, -0.15) is 0 Å². The highest BCUT2D eigenvalue weighted by Gasteiger charge is 2.44. The molecule has 126 valence electrons. The molecule has 2 aromatic rings. The maximum Gasteiger partial charge on any atom is 0.327 e. The molecule has 0 bridgehead atoms. The lowest BCUT2D eigenvalue weighted by Gasteiger charge is -2.28. The summed E-state index contributed by atoms with van der Waals surface area (Å²) in [4.78, 5) is 12.6. The first kappa shape index (κ1) is 16.9. The van der Waals surface area contributed by atoms with E-state index in [0.29, 0.717) is 30.0 Å². The molecule has 3 rings (SSSR count). The smallest absolute Gasteiger partial charge is 0.327 e. The van der Waals surface area contributed by atoms with Crippen molar-refractivity contribution in [3.05, 3.63) is 70.0 Å². The molecule has 2 aromatic carbocycles. The predicted octanol–water partition coefficient (Wildman–Crippen LogP) is 3.67. The van der Waals surface area contributed by atoms with Crippen LogP contribution in [0.5, 0.6) is 0 Å². The lowest BCUT2D eigenvalue weighted by molar-refractivity contribution is -0.151. The molecule has 1 N–H and O–H groups in total. The molecule has 0 fully saturated rings. The van der Waals surface area contributed by atoms with Crippen LogP contribution >= 0.6 is 11.6 Å². The van der Waals surface area contributed by atoms with Crippen LogP contribution in [0.4, 0.5) is 4.39 Å². The van der Waals surface area contributed by atoms with Gasteiger partial charge in [-0.1, -0.05) is 41.9 Å². The van der Waals surface area contributed by atoms with Crippen LogP contribution in [0.1, 0.15) is 23.6 Å². The van der Waals surface area contributed by atoms with E-state index in [0.717, 1.165) is 11.1 Å². The van der Waals surface area contributed by atoms with Gasteiger partial charge in [0.25, 0.3) is 0 Å². The number of rotatable bonds is 5. The highest BCUT2D eigenvalue weighted by atomic mass is 35.5. The van der Waals surface area contributed by atoms with Crippen LogP contribution in [0, 0.1) is 5.82 Å². The van der Waals surface area contributed by atoms with Gasteiger partial charge in [0.15, 0.2) is 0 Å². The topological polar surface area (TPSA) is 38.3 Å². The average molecular weight is 348 g/mol. The first-order valence-electron chi connectivity index (χ1n) is 7.97. The van der Waals surface area contributed by atoms with E-state index in [2.05, 4.69) is 5.32 Å². The van der Waals surface area contributed by atoms with Gasteiger partial charge in [-0.3, -0.25) is 10.1 Å². The van der Waals surface area contributed by atoms with E-state index in [9.17, 15) is 9.18 Å². The minimum absolute atomic E-state index is 0.165. The van der Waals surface area contributed by atoms with Gasteiger partial charge in [0, 0.05) is 30.0 Å². The summed E-state index contributed by atoms with van der Waals surface area (Å²) >= 11 is 6.09. The summed E-state index contributed by atoms with van der Waals surface area (Å²) in [7, 11) is 0. The molecule has 0 unspecified atom stereocenters. The quantitative estimate of drug-likeness (QED) is 0.839. The van der Waals surface area contributed by atoms with Crippen molar-refractivity contribution in [2.24, 2.45) is 0 Å². The molecule has 3 nitrogen and oxygen atoms in total. The Hall–Kier alpha value is -1.91. The van der Waals surface area contributed by atoms with E-state index in [1.54, 1.807) is 19.1 Å². The van der Waals surface area contributed by atoms with E-state index >= 15 is 0 Å². The van der Waals surface area contributed by atoms with E-state index in [-0.39, 0.29) is 18.3 Å². The molecule has 0 amide bonds. The minimum atomic E-state index is -0.884. The molecule has 0 atom stereocenters. The fourth-order valence-electron chi connectivity index (χ4n) is 3.18. The Kier molecular flexibility index (Phi) is 4.88. The van der Waals surface area contributed by atoms with Gasteiger partial charge in [-0.05, 0) is 30.2 Å². The van der Waals surface area contributed by atoms with Crippen LogP contribution in [0.2, 0.25) is 5.02 Å². The number of carbonyl (C=O) groups is 1. The maximum atomic E-state index is 14.0. The Bertz CT molecular complexity index is 718. The third-order valence-electron chi connectivity index (χ3n) is 4.43. The first-order valence-corrected chi connectivity index (χ1v) is 8.35. The summed E-state index contributed by atoms with van der Waals surface area (Å²) in [5, 5.41) is 3.57. The Labute approximate surface area is 145 Å². The monoisotopic (exact) mass is 347 g/mol. The standard InChI is InChI=1S/C19H19ClFNO2/c1-2-24-18(23)19(10-13-6-3-4-7-14(13)11-19)22-12-15-16(20)8-5-9-17(15)21/h3-9,22H,2,10-12H2,1H3. The summed E-state index contributed by atoms with van der Waals surface area (Å²) in [6.07, 6.45) is 1.04. The van der Waals surface area contributed by atoms with Gasteiger partial charge in [0.2, 0.25) is 0 Å². The van der Waals surface area contributed by atoms with Crippen molar-refractivity contribution in [1.29, 1.82) is 0 Å². The Morgan fingerprint density at radius 1 is 1.21 bits per heavy atom. The number of carbonyl (C=O) groups excluding carboxylic acids is 1. The van der Waals surface area contributed by atoms with Crippen molar-refractivity contribution in [2.45, 2.75) is 31.8 Å². The van der Waals surface area contributed by atoms with E-state index in [1.807, 2.05) is 24.3 Å². The Morgan fingerprint density at radius 3 is 2.46 bits per heavy atom. The largest absolute Gasteiger partial charge is 0.465 e. The van der Waals surface area contributed by atoms with Gasteiger partial charge in [0.05, 0.1) is 6.61 Å². The van der Waals surface area contributed by atoms with E-state index in [1.165, 1.54) is 6.07 Å². The molecule has 5 heteroatoms. The third-order valence-corrected chi connectivity index (χ3v) is 4.79. The number of hydrogen-bond acceptors (Lipinski definition) is 3. The van der Waals surface area contributed by atoms with Gasteiger partial charge >= 0.3 is 5.97 Å². The number of esters is 1. The second kappa shape index (κ2) is 6.91. The minimum Gasteiger partial charge on any atom is -0.465 e. The highest BCUT2D eigenvalue weighted by molar-refractivity contribution is 6.31. The van der Waals surface area contributed by atoms with E-state index in [4.69, 9.17) is 16.3 Å². The lowest BCUT2D eigenvalue weighted by atomic mass is 9.95. The number of fused-ring (bicyclic) bond motifs is 1. The molecular weight excluding hydrogens is 329 g/mol. The third kappa shape index (κ3) is 3.17. The van der Waals surface area contributed by atoms with Gasteiger partial charge in [-0.25, -0.2) is 4.39 Å². The number of ether oxygens (including phenoxy) is 1. The normalized spacial score (nSPS) is 15.1. The van der Waals surface area contributed by atoms with Gasteiger partial charge in [0.1, 0.15) is 11.4 Å². The average Bonchev–Trinajstić information content (AvgIpc) is 2.94. The number of nitrogens with one attached hydrogen (secondary N) is 1. The molecule has 0 aliphatic heterocycles. The van der Waals surface area contributed by atoms with Gasteiger partial charge in [-0.15, -0.1) is 0 Å². The number of benzene rings is 2. The van der Waals surface area contributed by atoms with E-state index < -0.39 is 5.54 Å². The maximum absolute atomic E-state index is 14.0. The van der Waals surface area contributed by atoms with Crippen molar-refractivity contribution in [3.63, 3.8) is 0 Å². The molecule has 0 saturated carbocycles. The first-order chi connectivity index (χ1) is 11.6. The van der Waals surface area contributed by atoms with Crippen LogP contribution in [-0.4, -0.2) is 18.1 Å². The molecule has 1 aliphatic carbocycles. The number of hydrogen-bond donors (Lipinski definition) is 1. The zero-order valence-corrected chi connectivity index (χ0v) is 14.2.